The molecule has 1 rings (SSSR count). The Morgan fingerprint density at radius 3 is 2.67 bits per heavy atom. The summed E-state index contributed by atoms with van der Waals surface area (Å²) in [6.07, 6.45) is 0. The molecule has 1 aromatic rings. The van der Waals surface area contributed by atoms with E-state index in [2.05, 4.69) is 0 Å². The van der Waals surface area contributed by atoms with Crippen LogP contribution in [0.25, 0.3) is 5.03 Å². The average molecular weight is 198 g/mol. The zero-order valence-corrected chi connectivity index (χ0v) is 8.46. The lowest BCUT2D eigenvalue weighted by Gasteiger charge is -1.97. The van der Waals surface area contributed by atoms with E-state index in [1.807, 2.05) is 23.8 Å². The summed E-state index contributed by atoms with van der Waals surface area (Å²) in [6, 6.07) is 2.03. The van der Waals surface area contributed by atoms with Gasteiger partial charge in [0.05, 0.1) is 11.1 Å². The average Bonchev–Trinajstić information content (AvgIpc) is 2.48. The Morgan fingerprint density at radius 1 is 1.58 bits per heavy atom. The highest BCUT2D eigenvalue weighted by Crippen LogP contribution is 2.28. The van der Waals surface area contributed by atoms with Crippen LogP contribution in [0.5, 0.6) is 0 Å². The highest BCUT2D eigenvalue weighted by atomic mass is 35.5. The summed E-state index contributed by atoms with van der Waals surface area (Å²) in [6.45, 7) is 3.71. The predicted octanol–water partition coefficient (Wildman–Crippen LogP) is 3.55. The minimum atomic E-state index is 0.566. The van der Waals surface area contributed by atoms with Crippen LogP contribution in [0.4, 0.5) is 0 Å². The number of rotatable bonds is 1. The maximum absolute atomic E-state index is 8.61. The van der Waals surface area contributed by atoms with E-state index in [4.69, 9.17) is 16.9 Å². The van der Waals surface area contributed by atoms with E-state index in [0.717, 1.165) is 11.1 Å². The van der Waals surface area contributed by atoms with Crippen molar-refractivity contribution in [2.45, 2.75) is 13.8 Å². The lowest BCUT2D eigenvalue weighted by molar-refractivity contribution is 1.44. The fourth-order valence-corrected chi connectivity index (χ4v) is 1.99. The molecule has 0 saturated heterocycles. The molecule has 0 saturated carbocycles. The van der Waals surface area contributed by atoms with Crippen molar-refractivity contribution >= 4 is 28.0 Å². The van der Waals surface area contributed by atoms with Gasteiger partial charge in [0.1, 0.15) is 0 Å². The SMILES string of the molecule is CC(C#N)=C(Cl)c1cscc1C. The third-order valence-corrected chi connectivity index (χ3v) is 2.94. The van der Waals surface area contributed by atoms with Gasteiger partial charge < -0.3 is 0 Å². The second-order valence-corrected chi connectivity index (χ2v) is 3.64. The van der Waals surface area contributed by atoms with Gasteiger partial charge in [-0.25, -0.2) is 0 Å². The Balaban J connectivity index is 3.18. The summed E-state index contributed by atoms with van der Waals surface area (Å²) in [7, 11) is 0. The minimum absolute atomic E-state index is 0.566. The van der Waals surface area contributed by atoms with E-state index in [-0.39, 0.29) is 0 Å². The Morgan fingerprint density at radius 2 is 2.25 bits per heavy atom. The van der Waals surface area contributed by atoms with Crippen LogP contribution >= 0.6 is 22.9 Å². The minimum Gasteiger partial charge on any atom is -0.193 e. The van der Waals surface area contributed by atoms with Crippen LogP contribution < -0.4 is 0 Å². The van der Waals surface area contributed by atoms with Crippen molar-refractivity contribution in [2.75, 3.05) is 0 Å². The highest BCUT2D eigenvalue weighted by Gasteiger charge is 2.06. The van der Waals surface area contributed by atoms with Crippen molar-refractivity contribution in [1.82, 2.24) is 0 Å². The zero-order valence-electron chi connectivity index (χ0n) is 6.89. The first-order valence-electron chi connectivity index (χ1n) is 3.46. The quantitative estimate of drug-likeness (QED) is 0.632. The predicted molar refractivity (Wildman–Crippen MR) is 53.1 cm³/mol. The first kappa shape index (κ1) is 9.31. The van der Waals surface area contributed by atoms with E-state index in [1.54, 1.807) is 18.3 Å². The third-order valence-electron chi connectivity index (χ3n) is 1.59. The van der Waals surface area contributed by atoms with Crippen molar-refractivity contribution in [3.05, 3.63) is 27.5 Å². The smallest absolute Gasteiger partial charge is 0.0959 e. The summed E-state index contributed by atoms with van der Waals surface area (Å²) in [5.41, 5.74) is 2.67. The van der Waals surface area contributed by atoms with Gasteiger partial charge in [-0.05, 0) is 30.2 Å². The normalized spacial score (nSPS) is 12.2. The molecule has 0 N–H and O–H groups in total. The molecule has 0 aliphatic carbocycles. The van der Waals surface area contributed by atoms with Gasteiger partial charge in [-0.1, -0.05) is 11.6 Å². The topological polar surface area (TPSA) is 23.8 Å². The molecule has 62 valence electrons. The van der Waals surface area contributed by atoms with Crippen LogP contribution in [0, 0.1) is 18.3 Å². The molecule has 0 atom stereocenters. The Kier molecular flexibility index (Phi) is 2.91. The van der Waals surface area contributed by atoms with E-state index in [0.29, 0.717) is 10.6 Å². The van der Waals surface area contributed by atoms with Gasteiger partial charge in [0.15, 0.2) is 0 Å². The van der Waals surface area contributed by atoms with Crippen molar-refractivity contribution in [3.8, 4) is 6.07 Å². The van der Waals surface area contributed by atoms with Crippen LogP contribution in [0.2, 0.25) is 0 Å². The van der Waals surface area contributed by atoms with Crippen molar-refractivity contribution in [2.24, 2.45) is 0 Å². The summed E-state index contributed by atoms with van der Waals surface area (Å²) in [5, 5.41) is 13.1. The van der Waals surface area contributed by atoms with Crippen LogP contribution in [-0.4, -0.2) is 0 Å². The molecule has 0 fully saturated rings. The molecule has 0 unspecified atom stereocenters. The van der Waals surface area contributed by atoms with Gasteiger partial charge in [-0.3, -0.25) is 0 Å². The van der Waals surface area contributed by atoms with Gasteiger partial charge in [-0.2, -0.15) is 16.6 Å². The van der Waals surface area contributed by atoms with Crippen molar-refractivity contribution in [3.63, 3.8) is 0 Å². The molecule has 3 heteroatoms. The lowest BCUT2D eigenvalue weighted by Crippen LogP contribution is -1.79. The van der Waals surface area contributed by atoms with E-state index in [9.17, 15) is 0 Å². The van der Waals surface area contributed by atoms with Crippen LogP contribution in [0.3, 0.4) is 0 Å². The molecule has 0 radical (unpaired) electrons. The van der Waals surface area contributed by atoms with Gasteiger partial charge in [0.2, 0.25) is 0 Å². The number of nitrogens with zero attached hydrogens (tertiary/aromatic N) is 1. The summed E-state index contributed by atoms with van der Waals surface area (Å²) < 4.78 is 0. The van der Waals surface area contributed by atoms with E-state index in [1.165, 1.54) is 0 Å². The third kappa shape index (κ3) is 1.69. The summed E-state index contributed by atoms with van der Waals surface area (Å²) in [5.74, 6) is 0. The van der Waals surface area contributed by atoms with Crippen LogP contribution in [0.1, 0.15) is 18.1 Å². The lowest BCUT2D eigenvalue weighted by atomic mass is 10.1. The maximum Gasteiger partial charge on any atom is 0.0959 e. The van der Waals surface area contributed by atoms with Gasteiger partial charge in [-0.15, -0.1) is 0 Å². The molecule has 12 heavy (non-hydrogen) atoms. The van der Waals surface area contributed by atoms with Crippen molar-refractivity contribution < 1.29 is 0 Å². The number of aryl methyl sites for hydroxylation is 1. The van der Waals surface area contributed by atoms with Crippen molar-refractivity contribution in [1.29, 1.82) is 5.26 Å². The molecular weight excluding hydrogens is 190 g/mol. The zero-order chi connectivity index (χ0) is 9.14. The number of thiophene rings is 1. The fourth-order valence-electron chi connectivity index (χ4n) is 0.836. The molecule has 0 aromatic carbocycles. The molecule has 0 bridgehead atoms. The molecule has 0 amide bonds. The first-order valence-corrected chi connectivity index (χ1v) is 4.78. The second kappa shape index (κ2) is 3.75. The number of hydrogen-bond acceptors (Lipinski definition) is 2. The monoisotopic (exact) mass is 197 g/mol. The summed E-state index contributed by atoms with van der Waals surface area (Å²) >= 11 is 7.56. The summed E-state index contributed by atoms with van der Waals surface area (Å²) in [4.78, 5) is 0. The fraction of sp³-hybridized carbons (Fsp3) is 0.222. The van der Waals surface area contributed by atoms with E-state index >= 15 is 0 Å². The highest BCUT2D eigenvalue weighted by molar-refractivity contribution is 7.08. The second-order valence-electron chi connectivity index (χ2n) is 2.52. The molecule has 1 heterocycles. The van der Waals surface area contributed by atoms with Crippen LogP contribution in [-0.2, 0) is 0 Å². The number of nitriles is 1. The van der Waals surface area contributed by atoms with Gasteiger partial charge >= 0.3 is 0 Å². The number of hydrogen-bond donors (Lipinski definition) is 0. The standard InChI is InChI=1S/C9H8ClNS/c1-6(3-11)9(10)8-5-12-4-7(8)2/h4-5H,1-2H3. The number of allylic oxidation sites excluding steroid dienone is 1. The van der Waals surface area contributed by atoms with Crippen LogP contribution in [0.15, 0.2) is 16.3 Å². The molecule has 1 nitrogen and oxygen atoms in total. The largest absolute Gasteiger partial charge is 0.193 e. The number of halogens is 1. The Labute approximate surface area is 80.9 Å². The Bertz CT molecular complexity index is 357. The van der Waals surface area contributed by atoms with Gasteiger partial charge in [0, 0.05) is 11.1 Å². The molecule has 0 spiro atoms. The molecule has 0 aliphatic heterocycles. The first-order chi connectivity index (χ1) is 5.66. The molecule has 1 aromatic heterocycles. The molecular formula is C9H8ClNS. The Hall–Kier alpha value is -0.780. The van der Waals surface area contributed by atoms with Gasteiger partial charge in [0.25, 0.3) is 0 Å². The maximum atomic E-state index is 8.61. The van der Waals surface area contributed by atoms with E-state index < -0.39 is 0 Å². The molecule has 0 aliphatic rings.